The molecule has 1 fully saturated rings. The van der Waals surface area contributed by atoms with Gasteiger partial charge in [-0.2, -0.15) is 0 Å². The maximum atomic E-state index is 13.6. The van der Waals surface area contributed by atoms with Gasteiger partial charge in [0.1, 0.15) is 11.6 Å². The number of ether oxygens (including phenoxy) is 2. The summed E-state index contributed by atoms with van der Waals surface area (Å²) in [5, 5.41) is 0. The van der Waals surface area contributed by atoms with Crippen LogP contribution < -0.4 is 5.73 Å². The zero-order valence-corrected chi connectivity index (χ0v) is 11.6. The van der Waals surface area contributed by atoms with Crippen molar-refractivity contribution in [3.05, 3.63) is 35.4 Å². The molecule has 20 heavy (non-hydrogen) atoms. The average molecular weight is 285 g/mol. The van der Waals surface area contributed by atoms with Crippen molar-refractivity contribution in [3.8, 4) is 0 Å². The predicted octanol–water partition coefficient (Wildman–Crippen LogP) is 2.94. The summed E-state index contributed by atoms with van der Waals surface area (Å²) in [6.45, 7) is 0.182. The van der Waals surface area contributed by atoms with Crippen molar-refractivity contribution in [2.45, 2.75) is 43.9 Å². The fourth-order valence-electron chi connectivity index (χ4n) is 2.60. The summed E-state index contributed by atoms with van der Waals surface area (Å²) in [6.07, 6.45) is 4.17. The SMILES string of the molecule is COC1CCCC(OCC(N)c2cc(F)ccc2F)C1. The average Bonchev–Trinajstić information content (AvgIpc) is 2.47. The molecule has 0 spiro atoms. The van der Waals surface area contributed by atoms with E-state index in [2.05, 4.69) is 0 Å². The quantitative estimate of drug-likeness (QED) is 0.904. The van der Waals surface area contributed by atoms with E-state index in [0.717, 1.165) is 43.9 Å². The van der Waals surface area contributed by atoms with Gasteiger partial charge < -0.3 is 15.2 Å². The fourth-order valence-corrected chi connectivity index (χ4v) is 2.60. The molecule has 3 atom stereocenters. The lowest BCUT2D eigenvalue weighted by molar-refractivity contribution is -0.0334. The van der Waals surface area contributed by atoms with Gasteiger partial charge in [0.2, 0.25) is 0 Å². The van der Waals surface area contributed by atoms with Crippen LogP contribution in [0.4, 0.5) is 8.78 Å². The van der Waals surface area contributed by atoms with Crippen LogP contribution in [0.3, 0.4) is 0 Å². The molecule has 1 aliphatic carbocycles. The van der Waals surface area contributed by atoms with Crippen molar-refractivity contribution in [2.24, 2.45) is 5.73 Å². The first-order chi connectivity index (χ1) is 9.60. The van der Waals surface area contributed by atoms with Crippen LogP contribution in [0, 0.1) is 11.6 Å². The van der Waals surface area contributed by atoms with Gasteiger partial charge in [-0.05, 0) is 43.9 Å². The van der Waals surface area contributed by atoms with E-state index in [1.54, 1.807) is 7.11 Å². The van der Waals surface area contributed by atoms with Gasteiger partial charge in [0.05, 0.1) is 24.9 Å². The number of hydrogen-bond acceptors (Lipinski definition) is 3. The van der Waals surface area contributed by atoms with E-state index in [9.17, 15) is 8.78 Å². The van der Waals surface area contributed by atoms with Gasteiger partial charge in [-0.25, -0.2) is 8.78 Å². The third kappa shape index (κ3) is 3.98. The van der Waals surface area contributed by atoms with E-state index in [0.29, 0.717) is 0 Å². The summed E-state index contributed by atoms with van der Waals surface area (Å²) in [7, 11) is 1.70. The van der Waals surface area contributed by atoms with Crippen molar-refractivity contribution in [3.63, 3.8) is 0 Å². The Bertz CT molecular complexity index is 442. The molecular weight excluding hydrogens is 264 g/mol. The van der Waals surface area contributed by atoms with E-state index in [-0.39, 0.29) is 24.4 Å². The van der Waals surface area contributed by atoms with Crippen molar-refractivity contribution in [1.82, 2.24) is 0 Å². The van der Waals surface area contributed by atoms with Gasteiger partial charge in [-0.1, -0.05) is 0 Å². The maximum absolute atomic E-state index is 13.6. The zero-order chi connectivity index (χ0) is 14.5. The van der Waals surface area contributed by atoms with Crippen LogP contribution in [0.25, 0.3) is 0 Å². The number of hydrogen-bond donors (Lipinski definition) is 1. The zero-order valence-electron chi connectivity index (χ0n) is 11.6. The Morgan fingerprint density at radius 2 is 2.05 bits per heavy atom. The first kappa shape index (κ1) is 15.4. The fraction of sp³-hybridized carbons (Fsp3) is 0.600. The molecule has 5 heteroatoms. The number of rotatable bonds is 5. The predicted molar refractivity (Wildman–Crippen MR) is 72.3 cm³/mol. The molecule has 3 nitrogen and oxygen atoms in total. The highest BCUT2D eigenvalue weighted by atomic mass is 19.1. The van der Waals surface area contributed by atoms with Crippen molar-refractivity contribution in [2.75, 3.05) is 13.7 Å². The lowest BCUT2D eigenvalue weighted by Gasteiger charge is -2.29. The molecule has 2 rings (SSSR count). The molecule has 1 aliphatic rings. The Kier molecular flexibility index (Phi) is 5.46. The molecule has 0 aromatic heterocycles. The van der Waals surface area contributed by atoms with Crippen molar-refractivity contribution < 1.29 is 18.3 Å². The summed E-state index contributed by atoms with van der Waals surface area (Å²) >= 11 is 0. The van der Waals surface area contributed by atoms with Crippen molar-refractivity contribution >= 4 is 0 Å². The van der Waals surface area contributed by atoms with E-state index in [1.165, 1.54) is 0 Å². The van der Waals surface area contributed by atoms with Gasteiger partial charge in [0, 0.05) is 12.7 Å². The van der Waals surface area contributed by atoms with Crippen LogP contribution >= 0.6 is 0 Å². The summed E-state index contributed by atoms with van der Waals surface area (Å²) in [5.74, 6) is -0.991. The van der Waals surface area contributed by atoms with E-state index in [1.807, 2.05) is 0 Å². The topological polar surface area (TPSA) is 44.5 Å². The van der Waals surface area contributed by atoms with Gasteiger partial charge in [0.15, 0.2) is 0 Å². The molecule has 0 bridgehead atoms. The summed E-state index contributed by atoms with van der Waals surface area (Å²) < 4.78 is 37.8. The lowest BCUT2D eigenvalue weighted by atomic mass is 9.95. The summed E-state index contributed by atoms with van der Waals surface area (Å²) in [4.78, 5) is 0. The minimum absolute atomic E-state index is 0.0800. The molecule has 0 aliphatic heterocycles. The Morgan fingerprint density at radius 1 is 1.30 bits per heavy atom. The number of halogens is 2. The first-order valence-corrected chi connectivity index (χ1v) is 6.95. The van der Waals surface area contributed by atoms with Gasteiger partial charge in [-0.15, -0.1) is 0 Å². The summed E-state index contributed by atoms with van der Waals surface area (Å²) in [5.41, 5.74) is 6.04. The molecule has 0 saturated heterocycles. The molecule has 0 heterocycles. The standard InChI is InChI=1S/C15H21F2NO2/c1-19-11-3-2-4-12(8-11)20-9-15(18)13-7-10(16)5-6-14(13)17/h5-7,11-12,15H,2-4,8-9,18H2,1H3. The highest BCUT2D eigenvalue weighted by Gasteiger charge is 2.23. The van der Waals surface area contributed by atoms with E-state index >= 15 is 0 Å². The Hall–Kier alpha value is -1.04. The van der Waals surface area contributed by atoms with Crippen LogP contribution in [-0.4, -0.2) is 25.9 Å². The third-order valence-corrected chi connectivity index (χ3v) is 3.78. The molecule has 2 N–H and O–H groups in total. The molecular formula is C15H21F2NO2. The molecule has 3 unspecified atom stereocenters. The van der Waals surface area contributed by atoms with E-state index in [4.69, 9.17) is 15.2 Å². The van der Waals surface area contributed by atoms with Crippen LogP contribution in [-0.2, 0) is 9.47 Å². The Balaban J connectivity index is 1.88. The van der Waals surface area contributed by atoms with Crippen LogP contribution in [0.15, 0.2) is 18.2 Å². The Labute approximate surface area is 118 Å². The summed E-state index contributed by atoms with van der Waals surface area (Å²) in [6, 6.07) is 2.64. The lowest BCUT2D eigenvalue weighted by Crippen LogP contribution is -2.30. The van der Waals surface area contributed by atoms with Crippen molar-refractivity contribution in [1.29, 1.82) is 0 Å². The first-order valence-electron chi connectivity index (χ1n) is 6.95. The second-order valence-electron chi connectivity index (χ2n) is 5.25. The van der Waals surface area contributed by atoms with Gasteiger partial charge >= 0.3 is 0 Å². The second-order valence-corrected chi connectivity index (χ2v) is 5.25. The third-order valence-electron chi connectivity index (χ3n) is 3.78. The molecule has 0 amide bonds. The Morgan fingerprint density at radius 3 is 2.80 bits per heavy atom. The van der Waals surface area contributed by atoms with Gasteiger partial charge in [-0.3, -0.25) is 0 Å². The molecule has 0 radical (unpaired) electrons. The molecule has 1 saturated carbocycles. The van der Waals surface area contributed by atoms with Crippen LogP contribution in [0.2, 0.25) is 0 Å². The minimum atomic E-state index is -0.659. The normalized spacial score (nSPS) is 24.6. The molecule has 1 aromatic carbocycles. The largest absolute Gasteiger partial charge is 0.381 e. The minimum Gasteiger partial charge on any atom is -0.381 e. The molecule has 112 valence electrons. The monoisotopic (exact) mass is 285 g/mol. The highest BCUT2D eigenvalue weighted by Crippen LogP contribution is 2.24. The highest BCUT2D eigenvalue weighted by molar-refractivity contribution is 5.22. The number of methoxy groups -OCH3 is 1. The second kappa shape index (κ2) is 7.11. The maximum Gasteiger partial charge on any atom is 0.128 e. The number of nitrogens with two attached hydrogens (primary N) is 1. The van der Waals surface area contributed by atoms with Crippen LogP contribution in [0.1, 0.15) is 37.3 Å². The van der Waals surface area contributed by atoms with Gasteiger partial charge in [0.25, 0.3) is 0 Å². The smallest absolute Gasteiger partial charge is 0.128 e. The molecule has 1 aromatic rings. The number of benzene rings is 1. The van der Waals surface area contributed by atoms with Crippen LogP contribution in [0.5, 0.6) is 0 Å². The van der Waals surface area contributed by atoms with E-state index < -0.39 is 17.7 Å².